The number of carbonyl (C=O) groups is 1. The van der Waals surface area contributed by atoms with E-state index in [0.29, 0.717) is 31.1 Å². The van der Waals surface area contributed by atoms with Crippen LogP contribution in [0.5, 0.6) is 0 Å². The van der Waals surface area contributed by atoms with Crippen molar-refractivity contribution in [2.75, 3.05) is 6.61 Å². The molecule has 9 nitrogen and oxygen atoms in total. The van der Waals surface area contributed by atoms with Crippen molar-refractivity contribution in [3.63, 3.8) is 0 Å². The largest absolute Gasteiger partial charge is 0.432 e. The summed E-state index contributed by atoms with van der Waals surface area (Å²) in [5, 5.41) is 64.2. The number of aliphatic hydroxyl groups is 6. The van der Waals surface area contributed by atoms with E-state index in [2.05, 4.69) is 54.5 Å². The van der Waals surface area contributed by atoms with E-state index in [1.165, 1.54) is 0 Å². The number of allylic oxidation sites excluding steroid dienone is 1. The number of ether oxygens (including phenoxy) is 2. The first-order chi connectivity index (χ1) is 20.8. The van der Waals surface area contributed by atoms with E-state index in [4.69, 9.17) is 9.47 Å². The Morgan fingerprint density at radius 3 is 2.18 bits per heavy atom. The van der Waals surface area contributed by atoms with Gasteiger partial charge in [0.15, 0.2) is 0 Å². The second kappa shape index (κ2) is 10.7. The van der Waals surface area contributed by atoms with Gasteiger partial charge in [-0.05, 0) is 96.7 Å². The van der Waals surface area contributed by atoms with E-state index in [9.17, 15) is 35.4 Å². The molecule has 256 valence electrons. The number of carbonyl (C=O) groups excluding carboxylic acids is 1. The first-order valence-corrected chi connectivity index (χ1v) is 17.4. The highest BCUT2D eigenvalue weighted by Gasteiger charge is 2.71. The molecule has 0 aromatic rings. The first kappa shape index (κ1) is 33.8. The van der Waals surface area contributed by atoms with Gasteiger partial charge in [0.2, 0.25) is 6.29 Å². The number of esters is 1. The van der Waals surface area contributed by atoms with Crippen LogP contribution in [0, 0.1) is 50.2 Å². The monoisotopic (exact) mass is 634 g/mol. The zero-order chi connectivity index (χ0) is 33.1. The van der Waals surface area contributed by atoms with Crippen LogP contribution in [0.15, 0.2) is 11.6 Å². The Kier molecular flexibility index (Phi) is 8.05. The van der Waals surface area contributed by atoms with Gasteiger partial charge >= 0.3 is 5.97 Å². The molecule has 4 saturated carbocycles. The Morgan fingerprint density at radius 2 is 1.51 bits per heavy atom. The molecule has 45 heavy (non-hydrogen) atoms. The zero-order valence-corrected chi connectivity index (χ0v) is 28.3. The Bertz CT molecular complexity index is 1210. The lowest BCUT2D eigenvalue weighted by atomic mass is 9.33. The van der Waals surface area contributed by atoms with Gasteiger partial charge < -0.3 is 40.1 Å². The predicted molar refractivity (Wildman–Crippen MR) is 166 cm³/mol. The van der Waals surface area contributed by atoms with Crippen LogP contribution in [0.2, 0.25) is 0 Å². The molecule has 0 aromatic carbocycles. The fraction of sp³-hybridized carbons (Fsp3) is 0.917. The number of hydrogen-bond acceptors (Lipinski definition) is 9. The maximum atomic E-state index is 14.4. The van der Waals surface area contributed by atoms with Crippen molar-refractivity contribution in [3.05, 3.63) is 11.6 Å². The standard InChI is InChI=1S/C36H58O9/c1-31(2)14-16-36(30(43)45-29-27(41)26(40)25(39)20(18-37)44-29)17-15-34(6)19(24(36)28(31)42)8-9-22-33(5)12-11-23(38)32(3,4)21(33)10-13-35(22,34)7/h8,20-29,37-42H,9-18H2,1-7H3/t20-,21+,22-,23+,24-,25-,26+,27-,28+,29+,33+,34-,35-,36+/m1/s1. The quantitative estimate of drug-likeness (QED) is 0.202. The molecule has 0 radical (unpaired) electrons. The second-order valence-electron chi connectivity index (χ2n) is 17.8. The minimum Gasteiger partial charge on any atom is -0.432 e. The maximum absolute atomic E-state index is 14.4. The average Bonchev–Trinajstić information content (AvgIpc) is 2.97. The molecular weight excluding hydrogens is 576 g/mol. The lowest BCUT2D eigenvalue weighted by molar-refractivity contribution is -0.298. The summed E-state index contributed by atoms with van der Waals surface area (Å²) >= 11 is 0. The highest BCUT2D eigenvalue weighted by molar-refractivity contribution is 5.79. The third-order valence-corrected chi connectivity index (χ3v) is 15.3. The summed E-state index contributed by atoms with van der Waals surface area (Å²) in [5.41, 5.74) is -0.718. The fourth-order valence-electron chi connectivity index (χ4n) is 12.0. The van der Waals surface area contributed by atoms with Crippen molar-refractivity contribution in [3.8, 4) is 0 Å². The van der Waals surface area contributed by atoms with Crippen LogP contribution in [0.1, 0.15) is 106 Å². The van der Waals surface area contributed by atoms with Gasteiger partial charge in [-0.25, -0.2) is 0 Å². The minimum atomic E-state index is -1.68. The number of aliphatic hydroxyl groups excluding tert-OH is 6. The molecule has 14 atom stereocenters. The zero-order valence-electron chi connectivity index (χ0n) is 28.3. The molecule has 1 saturated heterocycles. The van der Waals surface area contributed by atoms with Gasteiger partial charge in [0.1, 0.15) is 24.4 Å². The van der Waals surface area contributed by atoms with Crippen LogP contribution in [0.3, 0.4) is 0 Å². The lowest BCUT2D eigenvalue weighted by Gasteiger charge is -2.71. The molecule has 6 N–H and O–H groups in total. The van der Waals surface area contributed by atoms with Crippen molar-refractivity contribution < 1.29 is 44.9 Å². The van der Waals surface area contributed by atoms with Crippen molar-refractivity contribution in [2.24, 2.45) is 50.2 Å². The molecule has 1 heterocycles. The van der Waals surface area contributed by atoms with Crippen molar-refractivity contribution in [2.45, 2.75) is 149 Å². The third-order valence-electron chi connectivity index (χ3n) is 15.3. The van der Waals surface area contributed by atoms with Gasteiger partial charge in [0.05, 0.1) is 24.2 Å². The van der Waals surface area contributed by atoms with E-state index in [1.54, 1.807) is 0 Å². The maximum Gasteiger partial charge on any atom is 0.315 e. The highest BCUT2D eigenvalue weighted by Crippen LogP contribution is 2.75. The average molecular weight is 635 g/mol. The summed E-state index contributed by atoms with van der Waals surface area (Å²) in [6, 6.07) is 0. The smallest absolute Gasteiger partial charge is 0.315 e. The first-order valence-electron chi connectivity index (χ1n) is 17.4. The molecule has 5 aliphatic carbocycles. The number of hydrogen-bond donors (Lipinski definition) is 6. The fourth-order valence-corrected chi connectivity index (χ4v) is 12.0. The van der Waals surface area contributed by atoms with Gasteiger partial charge in [-0.1, -0.05) is 60.1 Å². The molecule has 5 fully saturated rings. The van der Waals surface area contributed by atoms with E-state index in [1.807, 2.05) is 0 Å². The predicted octanol–water partition coefficient (Wildman–Crippen LogP) is 3.46. The van der Waals surface area contributed by atoms with E-state index in [0.717, 1.165) is 44.1 Å². The third kappa shape index (κ3) is 4.46. The molecule has 6 rings (SSSR count). The highest BCUT2D eigenvalue weighted by atomic mass is 16.7. The summed E-state index contributed by atoms with van der Waals surface area (Å²) in [6.45, 7) is 15.3. The van der Waals surface area contributed by atoms with Crippen LogP contribution in [-0.4, -0.2) is 86.1 Å². The molecule has 0 amide bonds. The second-order valence-corrected chi connectivity index (χ2v) is 17.8. The Balaban J connectivity index is 1.38. The topological polar surface area (TPSA) is 157 Å². The Morgan fingerprint density at radius 1 is 0.844 bits per heavy atom. The van der Waals surface area contributed by atoms with Crippen LogP contribution < -0.4 is 0 Å². The molecule has 9 heteroatoms. The summed E-state index contributed by atoms with van der Waals surface area (Å²) in [5.74, 6) is -0.224. The molecule has 0 bridgehead atoms. The van der Waals surface area contributed by atoms with Crippen molar-refractivity contribution in [1.82, 2.24) is 0 Å². The molecule has 6 aliphatic rings. The van der Waals surface area contributed by atoms with Gasteiger partial charge in [0.25, 0.3) is 0 Å². The summed E-state index contributed by atoms with van der Waals surface area (Å²) in [4.78, 5) is 14.4. The Hall–Kier alpha value is -1.07. The van der Waals surface area contributed by atoms with Crippen LogP contribution in [0.25, 0.3) is 0 Å². The summed E-state index contributed by atoms with van der Waals surface area (Å²) in [7, 11) is 0. The van der Waals surface area contributed by atoms with Gasteiger partial charge in [-0.2, -0.15) is 0 Å². The lowest BCUT2D eigenvalue weighted by Crippen LogP contribution is -2.67. The Labute approximate surface area is 268 Å². The van der Waals surface area contributed by atoms with Crippen molar-refractivity contribution in [1.29, 1.82) is 0 Å². The van der Waals surface area contributed by atoms with Gasteiger partial charge in [-0.3, -0.25) is 4.79 Å². The van der Waals surface area contributed by atoms with E-state index < -0.39 is 66.1 Å². The van der Waals surface area contributed by atoms with Crippen LogP contribution in [-0.2, 0) is 14.3 Å². The van der Waals surface area contributed by atoms with Gasteiger partial charge in [-0.15, -0.1) is 0 Å². The van der Waals surface area contributed by atoms with Crippen LogP contribution in [0.4, 0.5) is 0 Å². The molecular formula is C36H58O9. The van der Waals surface area contributed by atoms with Crippen molar-refractivity contribution >= 4 is 5.97 Å². The summed E-state index contributed by atoms with van der Waals surface area (Å²) < 4.78 is 11.5. The molecule has 1 aliphatic heterocycles. The normalized spacial score (nSPS) is 53.6. The number of rotatable bonds is 3. The molecule has 0 spiro atoms. The molecule has 0 aromatic heterocycles. The van der Waals surface area contributed by atoms with E-state index in [-0.39, 0.29) is 27.8 Å². The number of fused-ring (bicyclic) bond motifs is 7. The SMILES string of the molecule is CC1(C)CC[C@]2(C(=O)O[C@@H]3O[C@H](CO)[C@@H](O)[C@H](O)[C@H]3O)CC[C@]3(C)C(=CC[C@@H]4[C@@]5(C)CC[C@H](O)C(C)(C)[C@@H]5CC[C@]43C)[C@@H]2[C@@H]1O. The van der Waals surface area contributed by atoms with Gasteiger partial charge in [0, 0.05) is 5.92 Å². The molecule has 0 unspecified atom stereocenters. The van der Waals surface area contributed by atoms with Crippen LogP contribution >= 0.6 is 0 Å². The summed E-state index contributed by atoms with van der Waals surface area (Å²) in [6.07, 6.45) is 0.793. The van der Waals surface area contributed by atoms with E-state index >= 15 is 0 Å². The minimum absolute atomic E-state index is 0.0602.